The minimum Gasteiger partial charge on any atom is -0.422 e. The Balaban J connectivity index is 1.57. The molecule has 2 aromatic carbocycles. The number of hydrogen-bond acceptors (Lipinski definition) is 10. The number of sulfone groups is 1. The number of aromatic nitrogens is 4. The smallest absolute Gasteiger partial charge is 0.274 e. The molecule has 3 N–H and O–H groups in total. The van der Waals surface area contributed by atoms with Gasteiger partial charge in [-0.15, -0.1) is 21.5 Å². The number of fused-ring (bicyclic) bond motifs is 1. The summed E-state index contributed by atoms with van der Waals surface area (Å²) in [5.41, 5.74) is 1.66. The number of rotatable bonds is 9. The van der Waals surface area contributed by atoms with Crippen LogP contribution in [0.5, 0.6) is 0 Å². The van der Waals surface area contributed by atoms with Crippen LogP contribution >= 0.6 is 11.3 Å². The van der Waals surface area contributed by atoms with E-state index in [0.29, 0.717) is 21.3 Å². The molecule has 0 aliphatic carbocycles. The summed E-state index contributed by atoms with van der Waals surface area (Å²) in [6.45, 7) is -0.445. The Morgan fingerprint density at radius 2 is 1.64 bits per heavy atom. The lowest BCUT2D eigenvalue weighted by atomic mass is 10.1. The normalized spacial score (nSPS) is 13.1. The third-order valence-electron chi connectivity index (χ3n) is 5.43. The molecule has 3 aromatic heterocycles. The van der Waals surface area contributed by atoms with Gasteiger partial charge in [0.1, 0.15) is 5.01 Å². The molecular weight excluding hydrogens is 574 g/mol. The lowest BCUT2D eigenvalue weighted by Crippen LogP contribution is -2.30. The second-order valence-corrected chi connectivity index (χ2v) is 12.8. The highest BCUT2D eigenvalue weighted by atomic mass is 32.2. The van der Waals surface area contributed by atoms with Crippen molar-refractivity contribution in [3.8, 4) is 11.1 Å². The summed E-state index contributed by atoms with van der Waals surface area (Å²) >= 11 is 1.03. The minimum absolute atomic E-state index is 0.111. The number of thiazole rings is 1. The third-order valence-corrected chi connectivity index (χ3v) is 9.08. The Kier molecular flexibility index (Phi) is 7.21. The molecule has 39 heavy (non-hydrogen) atoms. The van der Waals surface area contributed by atoms with Crippen molar-refractivity contribution < 1.29 is 30.0 Å². The van der Waals surface area contributed by atoms with Gasteiger partial charge in [-0.05, 0) is 28.8 Å². The molecule has 1 unspecified atom stereocenters. The molecule has 0 bridgehead atoms. The predicted octanol–water partition coefficient (Wildman–Crippen LogP) is 3.02. The molecular formula is C23H18F2N6O5S3. The SMILES string of the molecule is NS(=O)(=O)NCc1nnc(C(c2nc3ccc(-c4cc(F)nc(F)c4)cc3s2)S(=O)(=O)Cc2ccccc2)o1. The predicted molar refractivity (Wildman–Crippen MR) is 138 cm³/mol. The Hall–Kier alpha value is -3.70. The number of nitrogens with two attached hydrogens (primary N) is 1. The van der Waals surface area contributed by atoms with Crippen LogP contribution in [0.4, 0.5) is 8.78 Å². The molecule has 5 rings (SSSR count). The molecule has 0 saturated carbocycles. The van der Waals surface area contributed by atoms with Gasteiger partial charge in [0.2, 0.25) is 23.7 Å². The van der Waals surface area contributed by atoms with Crippen molar-refractivity contribution in [3.63, 3.8) is 0 Å². The summed E-state index contributed by atoms with van der Waals surface area (Å²) in [7, 11) is -8.11. The second kappa shape index (κ2) is 10.5. The maximum absolute atomic E-state index is 13.7. The van der Waals surface area contributed by atoms with Crippen molar-refractivity contribution in [3.05, 3.63) is 94.9 Å². The number of pyridine rings is 1. The molecule has 0 amide bonds. The van der Waals surface area contributed by atoms with Crippen LogP contribution in [0.2, 0.25) is 0 Å². The van der Waals surface area contributed by atoms with Crippen molar-refractivity contribution in [2.75, 3.05) is 0 Å². The van der Waals surface area contributed by atoms with E-state index in [1.54, 1.807) is 48.5 Å². The average molecular weight is 593 g/mol. The van der Waals surface area contributed by atoms with Crippen molar-refractivity contribution >= 4 is 41.6 Å². The Bertz CT molecular complexity index is 1860. The van der Waals surface area contributed by atoms with Gasteiger partial charge >= 0.3 is 0 Å². The number of benzene rings is 2. The van der Waals surface area contributed by atoms with Crippen LogP contribution in [-0.4, -0.2) is 37.0 Å². The molecule has 0 spiro atoms. The first-order valence-corrected chi connectivity index (χ1v) is 15.1. The van der Waals surface area contributed by atoms with Crippen molar-refractivity contribution in [2.45, 2.75) is 17.5 Å². The van der Waals surface area contributed by atoms with Crippen LogP contribution in [0.15, 0.2) is 65.1 Å². The minimum atomic E-state index is -4.06. The van der Waals surface area contributed by atoms with E-state index >= 15 is 0 Å². The third kappa shape index (κ3) is 6.31. The van der Waals surface area contributed by atoms with E-state index in [1.165, 1.54) is 0 Å². The Morgan fingerprint density at radius 3 is 2.33 bits per heavy atom. The van der Waals surface area contributed by atoms with Gasteiger partial charge in [0.15, 0.2) is 15.1 Å². The van der Waals surface area contributed by atoms with Gasteiger partial charge in [-0.2, -0.15) is 26.9 Å². The molecule has 5 aromatic rings. The molecule has 0 radical (unpaired) electrons. The molecule has 0 aliphatic heterocycles. The van der Waals surface area contributed by atoms with E-state index in [4.69, 9.17) is 9.56 Å². The average Bonchev–Trinajstić information content (AvgIpc) is 3.48. The fourth-order valence-corrected chi connectivity index (χ4v) is 7.25. The highest BCUT2D eigenvalue weighted by Crippen LogP contribution is 2.38. The van der Waals surface area contributed by atoms with Gasteiger partial charge in [0.25, 0.3) is 10.2 Å². The van der Waals surface area contributed by atoms with Crippen molar-refractivity contribution in [1.29, 1.82) is 0 Å². The number of nitrogens with zero attached hydrogens (tertiary/aromatic N) is 4. The maximum Gasteiger partial charge on any atom is 0.274 e. The topological polar surface area (TPSA) is 171 Å². The molecule has 0 aliphatic rings. The van der Waals surface area contributed by atoms with E-state index in [1.807, 2.05) is 4.72 Å². The van der Waals surface area contributed by atoms with Gasteiger partial charge in [-0.3, -0.25) is 0 Å². The van der Waals surface area contributed by atoms with Crippen LogP contribution in [-0.2, 0) is 32.3 Å². The Labute approximate surface area is 224 Å². The second-order valence-electron chi connectivity index (χ2n) is 8.31. The number of hydrogen-bond donors (Lipinski definition) is 2. The molecule has 0 saturated heterocycles. The summed E-state index contributed by atoms with van der Waals surface area (Å²) in [6, 6.07) is 15.4. The maximum atomic E-state index is 13.7. The first-order valence-electron chi connectivity index (χ1n) is 11.1. The van der Waals surface area contributed by atoms with E-state index < -0.39 is 43.7 Å². The lowest BCUT2D eigenvalue weighted by molar-refractivity contribution is 0.443. The summed E-state index contributed by atoms with van der Waals surface area (Å²) in [5.74, 6) is -2.85. The quantitative estimate of drug-likeness (QED) is 0.244. The summed E-state index contributed by atoms with van der Waals surface area (Å²) in [4.78, 5) is 7.58. The zero-order valence-corrected chi connectivity index (χ0v) is 22.1. The number of halogens is 2. The first-order chi connectivity index (χ1) is 18.5. The van der Waals surface area contributed by atoms with Crippen LogP contribution in [0.25, 0.3) is 21.3 Å². The Morgan fingerprint density at radius 1 is 0.923 bits per heavy atom. The molecule has 3 heterocycles. The van der Waals surface area contributed by atoms with Crippen LogP contribution in [0.3, 0.4) is 0 Å². The van der Waals surface area contributed by atoms with Crippen molar-refractivity contribution in [2.24, 2.45) is 5.14 Å². The van der Waals surface area contributed by atoms with Gasteiger partial charge in [-0.1, -0.05) is 36.4 Å². The highest BCUT2D eigenvalue weighted by molar-refractivity contribution is 7.91. The zero-order chi connectivity index (χ0) is 27.8. The largest absolute Gasteiger partial charge is 0.422 e. The lowest BCUT2D eigenvalue weighted by Gasteiger charge is -2.12. The molecule has 11 nitrogen and oxygen atoms in total. The highest BCUT2D eigenvalue weighted by Gasteiger charge is 2.37. The zero-order valence-electron chi connectivity index (χ0n) is 19.7. The van der Waals surface area contributed by atoms with E-state index in [-0.39, 0.29) is 28.1 Å². The summed E-state index contributed by atoms with van der Waals surface area (Å²) in [5, 5.41) is 11.2. The molecule has 1 atom stereocenters. The van der Waals surface area contributed by atoms with E-state index in [9.17, 15) is 25.6 Å². The van der Waals surface area contributed by atoms with Gasteiger partial charge in [0, 0.05) is 12.1 Å². The molecule has 16 heteroatoms. The fraction of sp³-hybridized carbons (Fsp3) is 0.130. The number of nitrogens with one attached hydrogen (secondary N) is 1. The molecule has 202 valence electrons. The van der Waals surface area contributed by atoms with Crippen LogP contribution in [0, 0.1) is 11.9 Å². The van der Waals surface area contributed by atoms with Crippen LogP contribution in [0.1, 0.15) is 27.6 Å². The monoisotopic (exact) mass is 592 g/mol. The van der Waals surface area contributed by atoms with Gasteiger partial charge < -0.3 is 4.42 Å². The fourth-order valence-electron chi connectivity index (χ4n) is 3.77. The van der Waals surface area contributed by atoms with Gasteiger partial charge in [0.05, 0.1) is 22.5 Å². The first kappa shape index (κ1) is 26.9. The van der Waals surface area contributed by atoms with Crippen LogP contribution < -0.4 is 9.86 Å². The van der Waals surface area contributed by atoms with E-state index in [2.05, 4.69) is 20.2 Å². The standard InChI is InChI=1S/C23H18F2N6O5S3/c24-18-9-15(10-19(25)29-18)14-6-7-16-17(8-14)37-23(28-16)21(38(32,33)12-13-4-2-1-3-5-13)22-31-30-20(36-22)11-27-39(26,34)35/h1-10,21,27H,11-12H2,(H2,26,34,35). The van der Waals surface area contributed by atoms with Crippen molar-refractivity contribution in [1.82, 2.24) is 24.9 Å². The summed E-state index contributed by atoms with van der Waals surface area (Å²) in [6.07, 6.45) is 0. The summed E-state index contributed by atoms with van der Waals surface area (Å²) < 4.78 is 85.2. The van der Waals surface area contributed by atoms with Gasteiger partial charge in [-0.25, -0.2) is 18.5 Å². The molecule has 0 fully saturated rings. The van der Waals surface area contributed by atoms with E-state index in [0.717, 1.165) is 23.5 Å².